The van der Waals surface area contributed by atoms with Crippen molar-refractivity contribution < 1.29 is 94.8 Å². The van der Waals surface area contributed by atoms with Gasteiger partial charge in [-0.25, -0.2) is 10.6 Å². The average molecular weight is 1530 g/mol. The van der Waals surface area contributed by atoms with Gasteiger partial charge in [0.25, 0.3) is 23.6 Å². The molecule has 9 aromatic rings. The van der Waals surface area contributed by atoms with Crippen LogP contribution in [0.1, 0.15) is 163 Å². The Morgan fingerprint density at radius 2 is 0.793 bits per heavy atom. The van der Waals surface area contributed by atoms with Gasteiger partial charge in [0.2, 0.25) is 52.4 Å². The molecule has 8 aliphatic rings. The number of nitrogens with one attached hydrogen (secondary N) is 6. The molecule has 0 radical (unpaired) electrons. The van der Waals surface area contributed by atoms with Crippen LogP contribution in [0.3, 0.4) is 0 Å². The van der Waals surface area contributed by atoms with Crippen LogP contribution in [0.25, 0.3) is 45.0 Å². The molecule has 3 unspecified atom stereocenters. The van der Waals surface area contributed by atoms with E-state index in [0.717, 1.165) is 61.3 Å². The van der Waals surface area contributed by atoms with Crippen LogP contribution >= 0.6 is 0 Å². The first-order valence-corrected chi connectivity index (χ1v) is 36.3. The Morgan fingerprint density at radius 3 is 1.14 bits per heavy atom. The lowest BCUT2D eigenvalue weighted by Crippen LogP contribution is -2.55. The van der Waals surface area contributed by atoms with Crippen molar-refractivity contribution in [3.63, 3.8) is 0 Å². The van der Waals surface area contributed by atoms with E-state index in [1.807, 2.05) is 121 Å². The molecule has 6 amide bonds. The molecule has 33 nitrogen and oxygen atoms in total. The largest absolute Gasteiger partial charge is 0.481 e. The maximum absolute atomic E-state index is 12.5. The third-order valence-electron chi connectivity index (χ3n) is 19.5. The Hall–Kier alpha value is -11.9. The number of nitrogens with zero attached hydrogens (tertiary/aromatic N) is 6. The fraction of sp³-hybridized carbons (Fsp3) is 0.397. The van der Waals surface area contributed by atoms with Crippen molar-refractivity contribution >= 4 is 53.2 Å². The molecule has 8 fully saturated rings. The summed E-state index contributed by atoms with van der Waals surface area (Å²) in [5.41, 5.74) is 12.9. The predicted molar refractivity (Wildman–Crippen MR) is 391 cm³/mol. The van der Waals surface area contributed by atoms with Crippen molar-refractivity contribution in [2.24, 2.45) is 29.5 Å². The van der Waals surface area contributed by atoms with E-state index in [9.17, 15) is 43.2 Å². The maximum atomic E-state index is 12.5. The fourth-order valence-electron chi connectivity index (χ4n) is 12.4. The van der Waals surface area contributed by atoms with Gasteiger partial charge in [0.1, 0.15) is 35.0 Å². The highest BCUT2D eigenvalue weighted by Crippen LogP contribution is 2.44. The molecule has 584 valence electrons. The predicted octanol–water partition coefficient (Wildman–Crippen LogP) is 8.81. The molecule has 4 saturated carbocycles. The Balaban J connectivity index is 0.000000139. The molecule has 4 aromatic carbocycles. The number of rotatable bonds is 20. The number of nitrogens with two attached hydrogens (primary N) is 1. The van der Waals surface area contributed by atoms with Crippen molar-refractivity contribution in [1.29, 1.82) is 0 Å². The number of ketones is 1. The zero-order valence-electron chi connectivity index (χ0n) is 59.6. The van der Waals surface area contributed by atoms with E-state index in [0.29, 0.717) is 117 Å². The molecular weight excluding hydrogens is 1440 g/mol. The van der Waals surface area contributed by atoms with Crippen LogP contribution in [0.15, 0.2) is 168 Å². The summed E-state index contributed by atoms with van der Waals surface area (Å²) in [6, 6.07) is 44.2. The zero-order chi connectivity index (χ0) is 76.9. The lowest BCUT2D eigenvalue weighted by molar-refractivity contribution is -0.162. The molecular formula is C78H87N13O20. The number of hydrazine groups is 2. The average Bonchev–Trinajstić information content (AvgIpc) is 1.63. The van der Waals surface area contributed by atoms with Gasteiger partial charge in [-0.05, 0) is 70.1 Å². The number of ether oxygens (including phenoxy) is 4. The van der Waals surface area contributed by atoms with E-state index in [4.69, 9.17) is 52.8 Å². The fourth-order valence-corrected chi connectivity index (χ4v) is 12.4. The van der Waals surface area contributed by atoms with Crippen molar-refractivity contribution in [3.8, 4) is 45.0 Å². The number of carboxylic acids is 2. The van der Waals surface area contributed by atoms with Gasteiger partial charge < -0.3 is 67.6 Å². The molecule has 4 aliphatic heterocycles. The minimum atomic E-state index is -0.841. The number of aliphatic carboxylic acids is 2. The highest BCUT2D eigenvalue weighted by Gasteiger charge is 2.41. The number of carbonyl (C=O) groups is 9. The first-order valence-electron chi connectivity index (χ1n) is 36.3. The normalized spacial score (nSPS) is 22.5. The van der Waals surface area contributed by atoms with Crippen LogP contribution in [-0.2, 0) is 42.9 Å². The highest BCUT2D eigenvalue weighted by atomic mass is 16.5. The molecule has 9 heterocycles. The van der Waals surface area contributed by atoms with Crippen LogP contribution in [0.4, 0.5) is 0 Å². The number of benzene rings is 4. The molecule has 0 spiro atoms. The van der Waals surface area contributed by atoms with Gasteiger partial charge >= 0.3 is 11.9 Å². The van der Waals surface area contributed by atoms with Crippen LogP contribution < -0.4 is 38.1 Å². The quantitative estimate of drug-likeness (QED) is 0.0149. The van der Waals surface area contributed by atoms with E-state index in [-0.39, 0.29) is 114 Å². The van der Waals surface area contributed by atoms with Crippen molar-refractivity contribution in [2.75, 3.05) is 33.0 Å². The summed E-state index contributed by atoms with van der Waals surface area (Å²) in [5.74, 6) is 3.29. The van der Waals surface area contributed by atoms with E-state index in [2.05, 4.69) is 67.8 Å². The van der Waals surface area contributed by atoms with Crippen LogP contribution in [0, 0.1) is 23.7 Å². The topological polar surface area (TPSA) is 472 Å². The Kier molecular flexibility index (Phi) is 28.1. The maximum Gasteiger partial charge on any atom is 0.332 e. The van der Waals surface area contributed by atoms with Gasteiger partial charge in [0.15, 0.2) is 6.10 Å². The molecule has 111 heavy (non-hydrogen) atoms. The number of hydrogen-bond acceptors (Lipinski definition) is 25. The number of carboxylic acid groups (broad SMARTS) is 2. The Labute approximate surface area is 636 Å². The van der Waals surface area contributed by atoms with Crippen molar-refractivity contribution in [2.45, 2.75) is 140 Å². The van der Waals surface area contributed by atoms with Gasteiger partial charge in [-0.2, -0.15) is 0 Å². The van der Waals surface area contributed by atoms with Gasteiger partial charge in [-0.15, -0.1) is 10.2 Å². The minimum absolute atomic E-state index is 0. The van der Waals surface area contributed by atoms with E-state index in [1.165, 1.54) is 12.8 Å². The molecule has 4 saturated heterocycles. The summed E-state index contributed by atoms with van der Waals surface area (Å²) in [5, 5.41) is 49.2. The summed E-state index contributed by atoms with van der Waals surface area (Å²) >= 11 is 0. The van der Waals surface area contributed by atoms with Crippen molar-refractivity contribution in [1.82, 2.24) is 63.1 Å². The summed E-state index contributed by atoms with van der Waals surface area (Å²) < 4.78 is 46.2. The molecule has 5 aromatic heterocycles. The SMILES string of the molecule is C.C1CCOC1.NNC(=O)C1CC(NC(=O)c2cc(-c3ccccc3)no2)C1.O=C(CC1CC(c2nnc(C3CCO3)o2)C1)c1cc(-c2ccccc2)no1.O=C(NC1CC(C(=O)NNC(=O)C2CCO2)C1)c1cc(-c2ccccc2)no1.O=C(NC1CC(C(=O)O)C1)c1cc(-c2ccccc2)no1.O=C(O)C1CCO1. The smallest absolute Gasteiger partial charge is 0.332 e. The lowest BCUT2D eigenvalue weighted by Gasteiger charge is -2.34. The lowest BCUT2D eigenvalue weighted by atomic mass is 9.72. The Bertz CT molecular complexity index is 4540. The van der Waals surface area contributed by atoms with E-state index >= 15 is 0 Å². The number of Topliss-reactive ketones (excluding diaryl/α,β-unsaturated/α-hetero) is 1. The summed E-state index contributed by atoms with van der Waals surface area (Å²) in [4.78, 5) is 104. The number of hydrogen-bond donors (Lipinski definition) is 9. The van der Waals surface area contributed by atoms with Gasteiger partial charge in [0.05, 0.1) is 25.7 Å². The molecule has 3 atom stereocenters. The third kappa shape index (κ3) is 22.0. The first kappa shape index (κ1) is 80.1. The molecule has 10 N–H and O–H groups in total. The molecule has 0 bridgehead atoms. The zero-order valence-corrected chi connectivity index (χ0v) is 59.6. The standard InChI is InChI=1S/C20H19N3O4.C19H20N4O5.C15H16N4O3.C15H14N2O4.C4H6O3.C4H8O.CH4/c24-16(18-11-15(23-27-18)13-4-2-1-3-5-13)10-12-8-14(9-12)19-21-22-20(26-19)17-6-7-25-17;24-17(21-22-19(26)15-6-7-27-15)12-8-13(9-12)20-18(25)16-10-14(23-28-16)11-4-2-1-3-5-11;16-18-14(20)10-6-11(7-10)17-15(21)13-8-12(19-22-13)9-4-2-1-3-5-9;18-14(16-11-6-10(7-11)15(19)20)13-8-12(17-21-13)9-4-2-1-3-5-9;5-4(6)3-1-2-7-3;1-2-4-5-3-1;/h1-5,11-12,14,17H,6-10H2;1-5,10,12-13,15H,6-9H2,(H,20,25)(H,21,24)(H,22,26);1-5,8,10-11H,6-7,16H2,(H,17,21)(H,18,20);1-5,8,10-11H,6-7H2,(H,16,18)(H,19,20);3H,1-2H2,(H,5,6);1-4H2;1H4. The molecule has 17 rings (SSSR count). The number of amides is 6. The number of aromatic nitrogens is 6. The molecule has 33 heteroatoms. The summed E-state index contributed by atoms with van der Waals surface area (Å²) in [6.07, 6.45) is 9.08. The second-order valence-corrected chi connectivity index (χ2v) is 27.4. The number of carbonyl (C=O) groups excluding carboxylic acids is 7. The van der Waals surface area contributed by atoms with Crippen LogP contribution in [-0.4, -0.2) is 158 Å². The van der Waals surface area contributed by atoms with Gasteiger partial charge in [-0.1, -0.05) is 149 Å². The second-order valence-electron chi connectivity index (χ2n) is 27.4. The summed E-state index contributed by atoms with van der Waals surface area (Å²) in [6.45, 7) is 3.93. The van der Waals surface area contributed by atoms with Gasteiger partial charge in [0, 0.05) is 121 Å². The third-order valence-corrected chi connectivity index (χ3v) is 19.5. The van der Waals surface area contributed by atoms with E-state index < -0.39 is 24.1 Å². The second kappa shape index (κ2) is 38.9. The first-order chi connectivity index (χ1) is 53.5. The van der Waals surface area contributed by atoms with Crippen LogP contribution in [0.2, 0.25) is 0 Å². The van der Waals surface area contributed by atoms with Crippen molar-refractivity contribution in [3.05, 3.63) is 180 Å². The highest BCUT2D eigenvalue weighted by molar-refractivity contribution is 5.96. The van der Waals surface area contributed by atoms with Crippen LogP contribution in [0.5, 0.6) is 0 Å². The van der Waals surface area contributed by atoms with E-state index in [1.54, 1.807) is 24.3 Å². The monoisotopic (exact) mass is 1530 g/mol. The molecule has 4 aliphatic carbocycles. The van der Waals surface area contributed by atoms with Gasteiger partial charge in [-0.3, -0.25) is 54.6 Å². The Morgan fingerprint density at radius 1 is 0.423 bits per heavy atom. The minimum Gasteiger partial charge on any atom is -0.481 e. The summed E-state index contributed by atoms with van der Waals surface area (Å²) in [7, 11) is 0.